The quantitative estimate of drug-likeness (QED) is 0.607. The van der Waals surface area contributed by atoms with Crippen molar-refractivity contribution in [1.29, 1.82) is 0 Å². The maximum absolute atomic E-state index is 13.5. The molecule has 9 nitrogen and oxygen atoms in total. The first-order valence-corrected chi connectivity index (χ1v) is 13.2. The first-order chi connectivity index (χ1) is 16.0. The van der Waals surface area contributed by atoms with Gasteiger partial charge in [-0.3, -0.25) is 0 Å². The zero-order chi connectivity index (χ0) is 23.0. The summed E-state index contributed by atoms with van der Waals surface area (Å²) in [5.41, 5.74) is 2.35. The van der Waals surface area contributed by atoms with Gasteiger partial charge in [0, 0.05) is 48.6 Å². The molecule has 33 heavy (non-hydrogen) atoms. The van der Waals surface area contributed by atoms with Crippen LogP contribution in [0.25, 0.3) is 22.4 Å². The SMILES string of the molecule is CCOc1cc(-c2nc([C@@H]3CCCS3(=O)=NC)cc(N3CCOC[C@H]3C)n2)c2cc[nH]c2n1. The summed E-state index contributed by atoms with van der Waals surface area (Å²) in [5.74, 6) is 2.54. The minimum atomic E-state index is -2.35. The van der Waals surface area contributed by atoms with Crippen molar-refractivity contribution in [3.63, 3.8) is 0 Å². The minimum Gasteiger partial charge on any atom is -0.478 e. The predicted molar refractivity (Wildman–Crippen MR) is 129 cm³/mol. The number of H-pyrrole nitrogens is 1. The summed E-state index contributed by atoms with van der Waals surface area (Å²) in [7, 11) is -0.685. The van der Waals surface area contributed by atoms with E-state index in [1.165, 1.54) is 0 Å². The average Bonchev–Trinajstić information content (AvgIpc) is 3.45. The molecule has 2 aliphatic heterocycles. The van der Waals surface area contributed by atoms with Gasteiger partial charge in [-0.2, -0.15) is 4.98 Å². The molecule has 0 amide bonds. The maximum Gasteiger partial charge on any atom is 0.215 e. The standard InChI is InChI=1S/C23H30N6O3S/c1-4-32-21-12-17(16-7-8-25-22(16)28-21)23-26-18(19-6-5-11-33(19,30)24-3)13-20(27-23)29-9-10-31-14-15(29)2/h7-8,12-13,15,19H,4-6,9-11,14H2,1-3H3,(H,25,28)/t15-,19+,33?/m1/s1. The van der Waals surface area contributed by atoms with Crippen LogP contribution >= 0.6 is 0 Å². The Morgan fingerprint density at radius 2 is 2.21 bits per heavy atom. The third kappa shape index (κ3) is 4.06. The number of anilines is 1. The molecule has 5 rings (SSSR count). The summed E-state index contributed by atoms with van der Waals surface area (Å²) >= 11 is 0. The summed E-state index contributed by atoms with van der Waals surface area (Å²) in [6.07, 6.45) is 3.55. The Morgan fingerprint density at radius 3 is 3.00 bits per heavy atom. The molecule has 3 aromatic heterocycles. The number of pyridine rings is 1. The van der Waals surface area contributed by atoms with Crippen LogP contribution in [0.4, 0.5) is 5.82 Å². The van der Waals surface area contributed by atoms with Gasteiger partial charge in [0.15, 0.2) is 5.82 Å². The molecule has 0 saturated carbocycles. The first-order valence-electron chi connectivity index (χ1n) is 11.5. The van der Waals surface area contributed by atoms with Gasteiger partial charge in [-0.1, -0.05) is 0 Å². The van der Waals surface area contributed by atoms with Crippen LogP contribution in [0.5, 0.6) is 5.88 Å². The Bertz CT molecular complexity index is 1280. The van der Waals surface area contributed by atoms with Crippen LogP contribution in [-0.2, 0) is 14.5 Å². The molecule has 5 heterocycles. The number of aromatic amines is 1. The van der Waals surface area contributed by atoms with Crippen molar-refractivity contribution in [3.05, 3.63) is 30.1 Å². The fourth-order valence-electron chi connectivity index (χ4n) is 4.73. The molecule has 0 radical (unpaired) electrons. The summed E-state index contributed by atoms with van der Waals surface area (Å²) in [5, 5.41) is 0.721. The van der Waals surface area contributed by atoms with Crippen molar-refractivity contribution in [2.24, 2.45) is 4.36 Å². The van der Waals surface area contributed by atoms with E-state index in [9.17, 15) is 4.21 Å². The molecule has 1 unspecified atom stereocenters. The van der Waals surface area contributed by atoms with Gasteiger partial charge in [-0.25, -0.2) is 18.5 Å². The number of rotatable bonds is 5. The number of hydrogen-bond donors (Lipinski definition) is 1. The molecule has 3 atom stereocenters. The fourth-order valence-corrected chi connectivity index (χ4v) is 7.07. The van der Waals surface area contributed by atoms with Crippen LogP contribution in [0.3, 0.4) is 0 Å². The van der Waals surface area contributed by atoms with E-state index in [0.717, 1.165) is 47.5 Å². The van der Waals surface area contributed by atoms with E-state index in [1.54, 1.807) is 7.05 Å². The summed E-state index contributed by atoms with van der Waals surface area (Å²) in [6.45, 7) is 6.61. The van der Waals surface area contributed by atoms with Gasteiger partial charge in [0.25, 0.3) is 0 Å². The Balaban J connectivity index is 1.71. The van der Waals surface area contributed by atoms with Gasteiger partial charge in [-0.05, 0) is 32.8 Å². The highest BCUT2D eigenvalue weighted by Crippen LogP contribution is 2.38. The van der Waals surface area contributed by atoms with E-state index in [-0.39, 0.29) is 11.3 Å². The number of fused-ring (bicyclic) bond motifs is 1. The van der Waals surface area contributed by atoms with Crippen LogP contribution < -0.4 is 9.64 Å². The molecule has 176 valence electrons. The average molecular weight is 471 g/mol. The molecule has 0 bridgehead atoms. The number of morpholine rings is 1. The lowest BCUT2D eigenvalue weighted by Crippen LogP contribution is -2.44. The normalized spacial score (nSPS) is 25.5. The molecule has 0 aliphatic carbocycles. The molecule has 0 spiro atoms. The van der Waals surface area contributed by atoms with E-state index >= 15 is 0 Å². The van der Waals surface area contributed by atoms with Crippen molar-refractivity contribution in [3.8, 4) is 17.3 Å². The van der Waals surface area contributed by atoms with E-state index in [2.05, 4.69) is 26.2 Å². The topological polar surface area (TPSA) is 106 Å². The van der Waals surface area contributed by atoms with Gasteiger partial charge in [0.1, 0.15) is 11.5 Å². The second-order valence-electron chi connectivity index (χ2n) is 8.48. The van der Waals surface area contributed by atoms with E-state index in [1.807, 2.05) is 31.3 Å². The molecule has 1 N–H and O–H groups in total. The van der Waals surface area contributed by atoms with E-state index in [0.29, 0.717) is 37.3 Å². The molecular weight excluding hydrogens is 440 g/mol. The lowest BCUT2D eigenvalue weighted by atomic mass is 10.1. The molecule has 2 saturated heterocycles. The molecule has 10 heteroatoms. The van der Waals surface area contributed by atoms with Crippen molar-refractivity contribution < 1.29 is 13.7 Å². The number of ether oxygens (including phenoxy) is 2. The second-order valence-corrected chi connectivity index (χ2v) is 11.2. The highest BCUT2D eigenvalue weighted by atomic mass is 32.2. The summed E-state index contributed by atoms with van der Waals surface area (Å²) in [4.78, 5) is 19.9. The number of nitrogens with zero attached hydrogens (tertiary/aromatic N) is 5. The monoisotopic (exact) mass is 470 g/mol. The van der Waals surface area contributed by atoms with Crippen molar-refractivity contribution in [2.45, 2.75) is 38.0 Å². The molecule has 2 fully saturated rings. The number of hydrogen-bond acceptors (Lipinski definition) is 8. The van der Waals surface area contributed by atoms with Crippen molar-refractivity contribution in [1.82, 2.24) is 19.9 Å². The fraction of sp³-hybridized carbons (Fsp3) is 0.522. The Hall–Kier alpha value is -2.72. The third-order valence-electron chi connectivity index (χ3n) is 6.42. The minimum absolute atomic E-state index is 0.182. The van der Waals surface area contributed by atoms with Crippen LogP contribution in [0.15, 0.2) is 28.8 Å². The molecule has 3 aromatic rings. The highest BCUT2D eigenvalue weighted by molar-refractivity contribution is 7.94. The largest absolute Gasteiger partial charge is 0.478 e. The van der Waals surface area contributed by atoms with Gasteiger partial charge in [0.05, 0.1) is 46.5 Å². The zero-order valence-electron chi connectivity index (χ0n) is 19.3. The predicted octanol–water partition coefficient (Wildman–Crippen LogP) is 3.58. The van der Waals surface area contributed by atoms with E-state index in [4.69, 9.17) is 19.4 Å². The maximum atomic E-state index is 13.5. The zero-order valence-corrected chi connectivity index (χ0v) is 20.1. The number of nitrogens with one attached hydrogen (secondary N) is 1. The highest BCUT2D eigenvalue weighted by Gasteiger charge is 2.33. The first kappa shape index (κ1) is 22.1. The Morgan fingerprint density at radius 1 is 1.33 bits per heavy atom. The summed E-state index contributed by atoms with van der Waals surface area (Å²) < 4.78 is 29.2. The van der Waals surface area contributed by atoms with Gasteiger partial charge in [-0.15, -0.1) is 0 Å². The lowest BCUT2D eigenvalue weighted by Gasteiger charge is -2.34. The second kappa shape index (κ2) is 8.90. The van der Waals surface area contributed by atoms with Crippen LogP contribution in [-0.4, -0.2) is 69.4 Å². The number of aromatic nitrogens is 4. The van der Waals surface area contributed by atoms with Crippen molar-refractivity contribution in [2.75, 3.05) is 44.1 Å². The van der Waals surface area contributed by atoms with Crippen LogP contribution in [0, 0.1) is 0 Å². The van der Waals surface area contributed by atoms with Gasteiger partial charge in [0.2, 0.25) is 5.88 Å². The molecule has 2 aliphatic rings. The third-order valence-corrected chi connectivity index (χ3v) is 9.28. The van der Waals surface area contributed by atoms with Crippen LogP contribution in [0.1, 0.15) is 37.6 Å². The summed E-state index contributed by atoms with van der Waals surface area (Å²) in [6, 6.07) is 6.05. The van der Waals surface area contributed by atoms with Gasteiger partial charge >= 0.3 is 0 Å². The van der Waals surface area contributed by atoms with Crippen molar-refractivity contribution >= 4 is 26.6 Å². The van der Waals surface area contributed by atoms with E-state index < -0.39 is 9.73 Å². The Kier molecular flexibility index (Phi) is 5.96. The molecule has 0 aromatic carbocycles. The Labute approximate surface area is 194 Å². The smallest absolute Gasteiger partial charge is 0.215 e. The van der Waals surface area contributed by atoms with Gasteiger partial charge < -0.3 is 19.4 Å². The lowest BCUT2D eigenvalue weighted by molar-refractivity contribution is 0.0985. The van der Waals surface area contributed by atoms with Crippen LogP contribution in [0.2, 0.25) is 0 Å². The molecular formula is C23H30N6O3S.